The van der Waals surface area contributed by atoms with Gasteiger partial charge in [-0.2, -0.15) is 13.2 Å². The maximum Gasteiger partial charge on any atom is 0.471 e. The fourth-order valence-electron chi connectivity index (χ4n) is 5.42. The SMILES string of the molecule is CC(C)(C)OC(C)(C)C.CCN(CC1CCN(C(=O)O)CC1)C1CCc2ccc(NC(=O)C(F)(F)F)cc2C1. The van der Waals surface area contributed by atoms with E-state index in [1.165, 1.54) is 11.0 Å². The van der Waals surface area contributed by atoms with Gasteiger partial charge < -0.3 is 25.0 Å². The number of fused-ring (bicyclic) bond motifs is 1. The van der Waals surface area contributed by atoms with Crippen LogP contribution in [0.1, 0.15) is 78.9 Å². The number of carbonyl (C=O) groups is 2. The highest BCUT2D eigenvalue weighted by Gasteiger charge is 2.39. The molecule has 1 unspecified atom stereocenters. The minimum absolute atomic E-state index is 0.0156. The molecular formula is C29H46F3N3O4. The summed E-state index contributed by atoms with van der Waals surface area (Å²) in [6.45, 7) is 17.4. The van der Waals surface area contributed by atoms with Crippen molar-refractivity contribution in [1.29, 1.82) is 0 Å². The Bertz CT molecular complexity index is 950. The second kappa shape index (κ2) is 13.4. The number of alkyl halides is 3. The van der Waals surface area contributed by atoms with Gasteiger partial charge in [0, 0.05) is 31.4 Å². The maximum absolute atomic E-state index is 12.5. The highest BCUT2D eigenvalue weighted by Crippen LogP contribution is 2.29. The molecule has 0 saturated carbocycles. The average molecular weight is 558 g/mol. The standard InChI is InChI=1S/C21H28F3N3O3.C8H18O/c1-2-26(13-14-7-9-27(10-8-14)20(29)30)18-6-4-15-3-5-17(11-16(15)12-18)25-19(28)21(22,23)24;1-7(2,3)9-8(4,5)6/h3,5,11,14,18H,2,4,6-10,12-13H2,1H3,(H,25,28)(H,29,30);1-6H3. The van der Waals surface area contributed by atoms with Gasteiger partial charge in [0.15, 0.2) is 0 Å². The Morgan fingerprint density at radius 1 is 1.03 bits per heavy atom. The van der Waals surface area contributed by atoms with Crippen LogP contribution in [-0.2, 0) is 22.4 Å². The van der Waals surface area contributed by atoms with Crippen molar-refractivity contribution in [2.45, 2.75) is 104 Å². The molecule has 1 heterocycles. The fraction of sp³-hybridized carbons (Fsp3) is 0.724. The van der Waals surface area contributed by atoms with Gasteiger partial charge in [-0.05, 0) is 109 Å². The monoisotopic (exact) mass is 557 g/mol. The summed E-state index contributed by atoms with van der Waals surface area (Å²) in [4.78, 5) is 26.2. The number of rotatable bonds is 5. The van der Waals surface area contributed by atoms with Crippen molar-refractivity contribution in [2.24, 2.45) is 5.92 Å². The zero-order valence-corrected chi connectivity index (χ0v) is 24.5. The summed E-state index contributed by atoms with van der Waals surface area (Å²) in [5, 5.41) is 11.0. The molecule has 1 fully saturated rings. The van der Waals surface area contributed by atoms with Crippen molar-refractivity contribution < 1.29 is 32.6 Å². The Kier molecular flexibility index (Phi) is 11.3. The lowest BCUT2D eigenvalue weighted by Gasteiger charge is -2.39. The number of benzene rings is 1. The molecule has 1 aliphatic carbocycles. The third kappa shape index (κ3) is 11.4. The first-order chi connectivity index (χ1) is 17.9. The number of carboxylic acid groups (broad SMARTS) is 1. The first kappa shape index (κ1) is 32.9. The summed E-state index contributed by atoms with van der Waals surface area (Å²) in [6, 6.07) is 5.27. The lowest BCUT2D eigenvalue weighted by molar-refractivity contribution is -0.167. The average Bonchev–Trinajstić information content (AvgIpc) is 2.80. The van der Waals surface area contributed by atoms with Gasteiger partial charge in [-0.25, -0.2) is 4.79 Å². The third-order valence-corrected chi connectivity index (χ3v) is 6.84. The molecule has 10 heteroatoms. The van der Waals surface area contributed by atoms with E-state index < -0.39 is 18.2 Å². The molecule has 0 radical (unpaired) electrons. The molecule has 0 aromatic heterocycles. The number of anilines is 1. The number of piperidine rings is 1. The second-order valence-corrected chi connectivity index (χ2v) is 12.5. The molecule has 2 N–H and O–H groups in total. The van der Waals surface area contributed by atoms with Crippen molar-refractivity contribution in [1.82, 2.24) is 9.80 Å². The second-order valence-electron chi connectivity index (χ2n) is 12.5. The minimum Gasteiger partial charge on any atom is -0.465 e. The molecule has 0 bridgehead atoms. The van der Waals surface area contributed by atoms with Crippen LogP contribution in [0.3, 0.4) is 0 Å². The van der Waals surface area contributed by atoms with Crippen LogP contribution in [0.25, 0.3) is 0 Å². The van der Waals surface area contributed by atoms with E-state index in [0.717, 1.165) is 56.3 Å². The number of carbonyl (C=O) groups excluding carboxylic acids is 1. The van der Waals surface area contributed by atoms with E-state index in [1.807, 2.05) is 5.32 Å². The van der Waals surface area contributed by atoms with Crippen LogP contribution in [0.4, 0.5) is 23.7 Å². The lowest BCUT2D eigenvalue weighted by Crippen LogP contribution is -2.45. The number of halogens is 3. The van der Waals surface area contributed by atoms with Crippen LogP contribution in [0.15, 0.2) is 18.2 Å². The van der Waals surface area contributed by atoms with Crippen LogP contribution in [0.5, 0.6) is 0 Å². The Balaban J connectivity index is 0.000000510. The zero-order valence-electron chi connectivity index (χ0n) is 24.5. The topological polar surface area (TPSA) is 82.1 Å². The lowest BCUT2D eigenvalue weighted by atomic mass is 9.86. The van der Waals surface area contributed by atoms with E-state index in [9.17, 15) is 22.8 Å². The molecule has 1 saturated heterocycles. The number of hydrogen-bond donors (Lipinski definition) is 2. The van der Waals surface area contributed by atoms with Crippen molar-refractivity contribution in [2.75, 3.05) is 31.5 Å². The van der Waals surface area contributed by atoms with Crippen molar-refractivity contribution in [3.8, 4) is 0 Å². The molecule has 7 nitrogen and oxygen atoms in total. The van der Waals surface area contributed by atoms with Gasteiger partial charge >= 0.3 is 18.2 Å². The molecule has 1 aromatic rings. The van der Waals surface area contributed by atoms with Gasteiger partial charge in [-0.1, -0.05) is 13.0 Å². The van der Waals surface area contributed by atoms with Crippen LogP contribution >= 0.6 is 0 Å². The number of aryl methyl sites for hydroxylation is 1. The molecule has 2 aliphatic rings. The fourth-order valence-corrected chi connectivity index (χ4v) is 5.42. The Hall–Kier alpha value is -2.33. The largest absolute Gasteiger partial charge is 0.471 e. The highest BCUT2D eigenvalue weighted by molar-refractivity contribution is 5.95. The van der Waals surface area contributed by atoms with Crippen molar-refractivity contribution in [3.63, 3.8) is 0 Å². The first-order valence-corrected chi connectivity index (χ1v) is 13.8. The predicted molar refractivity (Wildman–Crippen MR) is 147 cm³/mol. The highest BCUT2D eigenvalue weighted by atomic mass is 19.4. The molecule has 1 atom stereocenters. The van der Waals surface area contributed by atoms with Crippen molar-refractivity contribution in [3.05, 3.63) is 29.3 Å². The normalized spacial score (nSPS) is 18.7. The first-order valence-electron chi connectivity index (χ1n) is 13.8. The minimum atomic E-state index is -4.91. The van der Waals surface area contributed by atoms with Gasteiger partial charge in [0.1, 0.15) is 0 Å². The zero-order chi connectivity index (χ0) is 29.6. The molecule has 1 aromatic carbocycles. The predicted octanol–water partition coefficient (Wildman–Crippen LogP) is 6.36. The van der Waals surface area contributed by atoms with E-state index in [-0.39, 0.29) is 22.9 Å². The quantitative estimate of drug-likeness (QED) is 0.441. The van der Waals surface area contributed by atoms with Gasteiger partial charge in [0.25, 0.3) is 0 Å². The number of likely N-dealkylation sites (tertiary alicyclic amines) is 1. The molecule has 39 heavy (non-hydrogen) atoms. The number of nitrogens with one attached hydrogen (secondary N) is 1. The van der Waals surface area contributed by atoms with Gasteiger partial charge in [0.05, 0.1) is 11.2 Å². The summed E-state index contributed by atoms with van der Waals surface area (Å²) in [5.41, 5.74) is 2.23. The van der Waals surface area contributed by atoms with Crippen LogP contribution < -0.4 is 5.32 Å². The Morgan fingerprint density at radius 3 is 2.08 bits per heavy atom. The van der Waals surface area contributed by atoms with E-state index in [2.05, 4.69) is 53.4 Å². The summed E-state index contributed by atoms with van der Waals surface area (Å²) >= 11 is 0. The van der Waals surface area contributed by atoms with Crippen LogP contribution in [0.2, 0.25) is 0 Å². The van der Waals surface area contributed by atoms with E-state index in [0.29, 0.717) is 19.0 Å². The molecule has 1 aliphatic heterocycles. The van der Waals surface area contributed by atoms with Crippen LogP contribution in [-0.4, -0.2) is 76.5 Å². The van der Waals surface area contributed by atoms with Gasteiger partial charge in [-0.15, -0.1) is 0 Å². The number of hydrogen-bond acceptors (Lipinski definition) is 4. The molecular weight excluding hydrogens is 511 g/mol. The number of likely N-dealkylation sites (N-methyl/N-ethyl adjacent to an activating group) is 1. The number of ether oxygens (including phenoxy) is 1. The molecule has 2 amide bonds. The summed E-state index contributed by atoms with van der Waals surface area (Å²) < 4.78 is 43.2. The van der Waals surface area contributed by atoms with Crippen molar-refractivity contribution >= 4 is 17.7 Å². The Morgan fingerprint density at radius 2 is 1.62 bits per heavy atom. The van der Waals surface area contributed by atoms with E-state index in [1.54, 1.807) is 12.1 Å². The Labute approximate surface area is 231 Å². The van der Waals surface area contributed by atoms with Gasteiger partial charge in [-0.3, -0.25) is 4.79 Å². The summed E-state index contributed by atoms with van der Waals surface area (Å²) in [5.74, 6) is -1.52. The number of amides is 2. The maximum atomic E-state index is 12.5. The molecule has 3 rings (SSSR count). The summed E-state index contributed by atoms with van der Waals surface area (Å²) in [6.07, 6.45) is -1.53. The molecule has 0 spiro atoms. The molecule has 222 valence electrons. The van der Waals surface area contributed by atoms with Gasteiger partial charge in [0.2, 0.25) is 0 Å². The smallest absolute Gasteiger partial charge is 0.465 e. The summed E-state index contributed by atoms with van der Waals surface area (Å²) in [7, 11) is 0. The third-order valence-electron chi connectivity index (χ3n) is 6.84. The van der Waals surface area contributed by atoms with E-state index >= 15 is 0 Å². The van der Waals surface area contributed by atoms with Crippen LogP contribution in [0, 0.1) is 5.92 Å². The number of nitrogens with zero attached hydrogens (tertiary/aromatic N) is 2. The van der Waals surface area contributed by atoms with E-state index in [4.69, 9.17) is 9.84 Å².